The second-order valence-corrected chi connectivity index (χ2v) is 7.04. The Balaban J connectivity index is 1.39. The van der Waals surface area contributed by atoms with Crippen LogP contribution in [0, 0.1) is 6.92 Å². The zero-order valence-electron chi connectivity index (χ0n) is 14.5. The van der Waals surface area contributed by atoms with Crippen LogP contribution in [0.1, 0.15) is 30.1 Å². The van der Waals surface area contributed by atoms with Crippen LogP contribution < -0.4 is 9.80 Å². The van der Waals surface area contributed by atoms with E-state index in [1.807, 2.05) is 12.4 Å². The van der Waals surface area contributed by atoms with Gasteiger partial charge in [0.2, 0.25) is 5.65 Å². The molecule has 0 amide bonds. The molecule has 0 atom stereocenters. The van der Waals surface area contributed by atoms with E-state index in [1.165, 1.54) is 24.1 Å². The van der Waals surface area contributed by atoms with Crippen molar-refractivity contribution in [3.8, 4) is 0 Å². The predicted octanol–water partition coefficient (Wildman–Crippen LogP) is 2.64. The van der Waals surface area contributed by atoms with Crippen LogP contribution in [0.15, 0.2) is 36.7 Å². The van der Waals surface area contributed by atoms with Crippen LogP contribution in [0.4, 0.5) is 11.5 Å². The Hall–Kier alpha value is -2.63. The molecule has 1 saturated heterocycles. The summed E-state index contributed by atoms with van der Waals surface area (Å²) in [5.74, 6) is 2.65. The van der Waals surface area contributed by atoms with Gasteiger partial charge in [-0.3, -0.25) is 4.40 Å². The van der Waals surface area contributed by atoms with Crippen LogP contribution in [0.25, 0.3) is 5.65 Å². The number of hydrogen-bond donors (Lipinski definition) is 0. The summed E-state index contributed by atoms with van der Waals surface area (Å²) < 4.78 is 2.13. The highest BCUT2D eigenvalue weighted by Gasteiger charge is 2.30. The smallest absolute Gasteiger partial charge is 0.203 e. The first-order valence-electron chi connectivity index (χ1n) is 9.06. The van der Waals surface area contributed by atoms with Crippen LogP contribution in [-0.2, 0) is 0 Å². The predicted molar refractivity (Wildman–Crippen MR) is 98.4 cm³/mol. The van der Waals surface area contributed by atoms with E-state index in [1.54, 1.807) is 0 Å². The molecule has 0 bridgehead atoms. The van der Waals surface area contributed by atoms with Gasteiger partial charge in [0.1, 0.15) is 5.82 Å². The van der Waals surface area contributed by atoms with E-state index < -0.39 is 0 Å². The van der Waals surface area contributed by atoms with Crippen LogP contribution in [0.3, 0.4) is 0 Å². The van der Waals surface area contributed by atoms with Gasteiger partial charge >= 0.3 is 0 Å². The number of aromatic nitrogens is 4. The number of piperazine rings is 1. The molecule has 6 heteroatoms. The minimum atomic E-state index is 0.586. The van der Waals surface area contributed by atoms with E-state index >= 15 is 0 Å². The summed E-state index contributed by atoms with van der Waals surface area (Å²) in [7, 11) is 0. The molecule has 0 unspecified atom stereocenters. The SMILES string of the molecule is Cc1ccccc1N1CCN(c2nccn3c(C4CC4)nnc23)CC1. The molecule has 1 aliphatic heterocycles. The summed E-state index contributed by atoms with van der Waals surface area (Å²) in [5, 5.41) is 8.86. The molecule has 0 N–H and O–H groups in total. The summed E-state index contributed by atoms with van der Waals surface area (Å²) >= 11 is 0. The van der Waals surface area contributed by atoms with Gasteiger partial charge in [0, 0.05) is 50.2 Å². The largest absolute Gasteiger partial charge is 0.368 e. The second kappa shape index (κ2) is 5.72. The number of hydrogen-bond acceptors (Lipinski definition) is 5. The quantitative estimate of drug-likeness (QED) is 0.737. The van der Waals surface area contributed by atoms with Gasteiger partial charge in [-0.05, 0) is 31.4 Å². The Bertz CT molecular complexity index is 905. The molecule has 2 aliphatic rings. The molecule has 0 radical (unpaired) electrons. The van der Waals surface area contributed by atoms with Gasteiger partial charge in [0.25, 0.3) is 0 Å². The number of anilines is 2. The molecule has 1 saturated carbocycles. The lowest BCUT2D eigenvalue weighted by atomic mass is 10.1. The molecule has 128 valence electrons. The Morgan fingerprint density at radius 3 is 2.48 bits per heavy atom. The molecule has 6 nitrogen and oxygen atoms in total. The number of fused-ring (bicyclic) bond motifs is 1. The maximum atomic E-state index is 4.62. The lowest BCUT2D eigenvalue weighted by molar-refractivity contribution is 0.646. The molecular formula is C19H22N6. The number of rotatable bonds is 3. The fourth-order valence-electron chi connectivity index (χ4n) is 3.75. The van der Waals surface area contributed by atoms with Crippen LogP contribution >= 0.6 is 0 Å². The fraction of sp³-hybridized carbons (Fsp3) is 0.421. The van der Waals surface area contributed by atoms with Crippen LogP contribution in [-0.4, -0.2) is 45.8 Å². The summed E-state index contributed by atoms with van der Waals surface area (Å²) in [5.41, 5.74) is 3.57. The minimum absolute atomic E-state index is 0.586. The van der Waals surface area contributed by atoms with Gasteiger partial charge in [0.05, 0.1) is 0 Å². The lowest BCUT2D eigenvalue weighted by Gasteiger charge is -2.37. The Morgan fingerprint density at radius 2 is 1.72 bits per heavy atom. The van der Waals surface area contributed by atoms with Gasteiger partial charge < -0.3 is 9.80 Å². The maximum absolute atomic E-state index is 4.62. The third kappa shape index (κ3) is 2.52. The minimum Gasteiger partial charge on any atom is -0.368 e. The van der Waals surface area contributed by atoms with Gasteiger partial charge in [-0.15, -0.1) is 10.2 Å². The Kier molecular flexibility index (Phi) is 3.36. The zero-order valence-corrected chi connectivity index (χ0v) is 14.5. The number of benzene rings is 1. The number of aryl methyl sites for hydroxylation is 1. The van der Waals surface area contributed by atoms with Gasteiger partial charge in [-0.1, -0.05) is 18.2 Å². The van der Waals surface area contributed by atoms with Crippen molar-refractivity contribution in [2.45, 2.75) is 25.7 Å². The average molecular weight is 334 g/mol. The molecule has 2 aromatic heterocycles. The van der Waals surface area contributed by atoms with Crippen molar-refractivity contribution in [1.82, 2.24) is 19.6 Å². The van der Waals surface area contributed by atoms with E-state index in [4.69, 9.17) is 0 Å². The van der Waals surface area contributed by atoms with E-state index in [0.717, 1.165) is 43.5 Å². The highest BCUT2D eigenvalue weighted by atomic mass is 15.3. The third-order valence-electron chi connectivity index (χ3n) is 5.31. The summed E-state index contributed by atoms with van der Waals surface area (Å²) in [6.45, 7) is 6.08. The highest BCUT2D eigenvalue weighted by molar-refractivity contribution is 5.65. The Morgan fingerprint density at radius 1 is 0.960 bits per heavy atom. The Labute approximate surface area is 147 Å². The fourth-order valence-corrected chi connectivity index (χ4v) is 3.75. The first-order chi connectivity index (χ1) is 12.3. The zero-order chi connectivity index (χ0) is 16.8. The molecule has 5 rings (SSSR count). The molecule has 3 aromatic rings. The molecule has 1 aliphatic carbocycles. The first kappa shape index (κ1) is 14.7. The number of nitrogens with zero attached hydrogens (tertiary/aromatic N) is 6. The molecule has 0 spiro atoms. The third-order valence-corrected chi connectivity index (χ3v) is 5.31. The van der Waals surface area contributed by atoms with E-state index in [0.29, 0.717) is 5.92 Å². The topological polar surface area (TPSA) is 49.6 Å². The first-order valence-corrected chi connectivity index (χ1v) is 9.06. The van der Waals surface area contributed by atoms with Gasteiger partial charge in [-0.2, -0.15) is 0 Å². The molecule has 25 heavy (non-hydrogen) atoms. The maximum Gasteiger partial charge on any atom is 0.203 e. The van der Waals surface area contributed by atoms with E-state index in [2.05, 4.69) is 60.6 Å². The second-order valence-electron chi connectivity index (χ2n) is 7.04. The van der Waals surface area contributed by atoms with Crippen LogP contribution in [0.5, 0.6) is 0 Å². The monoisotopic (exact) mass is 334 g/mol. The normalized spacial score (nSPS) is 18.1. The van der Waals surface area contributed by atoms with E-state index in [-0.39, 0.29) is 0 Å². The molecule has 3 heterocycles. The van der Waals surface area contributed by atoms with Crippen molar-refractivity contribution >= 4 is 17.2 Å². The van der Waals surface area contributed by atoms with Crippen molar-refractivity contribution in [2.75, 3.05) is 36.0 Å². The van der Waals surface area contributed by atoms with Crippen molar-refractivity contribution < 1.29 is 0 Å². The standard InChI is InChI=1S/C19H22N6/c1-14-4-2-3-5-16(14)23-10-12-24(13-11-23)18-19-22-21-17(15-6-7-15)25(19)9-8-20-18/h2-5,8-9,15H,6-7,10-13H2,1H3. The van der Waals surface area contributed by atoms with Gasteiger partial charge in [-0.25, -0.2) is 4.98 Å². The summed E-state index contributed by atoms with van der Waals surface area (Å²) in [6.07, 6.45) is 6.34. The molecule has 2 fully saturated rings. The van der Waals surface area contributed by atoms with Crippen molar-refractivity contribution in [2.24, 2.45) is 0 Å². The van der Waals surface area contributed by atoms with E-state index in [9.17, 15) is 0 Å². The molecule has 1 aromatic carbocycles. The summed E-state index contributed by atoms with van der Waals surface area (Å²) in [4.78, 5) is 9.43. The summed E-state index contributed by atoms with van der Waals surface area (Å²) in [6, 6.07) is 8.61. The van der Waals surface area contributed by atoms with Crippen molar-refractivity contribution in [3.05, 3.63) is 48.0 Å². The van der Waals surface area contributed by atoms with Crippen molar-refractivity contribution in [3.63, 3.8) is 0 Å². The number of para-hydroxylation sites is 1. The van der Waals surface area contributed by atoms with Gasteiger partial charge in [0.15, 0.2) is 5.82 Å². The van der Waals surface area contributed by atoms with Crippen molar-refractivity contribution in [1.29, 1.82) is 0 Å². The van der Waals surface area contributed by atoms with Crippen LogP contribution in [0.2, 0.25) is 0 Å². The molecular weight excluding hydrogens is 312 g/mol. The highest BCUT2D eigenvalue weighted by Crippen LogP contribution is 2.39. The average Bonchev–Trinajstić information content (AvgIpc) is 3.41. The lowest BCUT2D eigenvalue weighted by Crippen LogP contribution is -2.47.